The molecule has 3 rings (SSSR count). The van der Waals surface area contributed by atoms with Crippen LogP contribution in [0.5, 0.6) is 0 Å². The smallest absolute Gasteiger partial charge is 0.341 e. The number of halogens is 3. The number of benzene rings is 1. The van der Waals surface area contributed by atoms with Gasteiger partial charge in [0.25, 0.3) is 11.8 Å². The number of alkyl halides is 2. The maximum atomic E-state index is 13.7. The monoisotopic (exact) mass is 399 g/mol. The third-order valence-corrected chi connectivity index (χ3v) is 5.55. The van der Waals surface area contributed by atoms with E-state index in [1.54, 1.807) is 31.2 Å². The highest BCUT2D eigenvalue weighted by Gasteiger charge is 2.39. The van der Waals surface area contributed by atoms with Gasteiger partial charge in [0, 0.05) is 17.7 Å². The molecule has 0 aliphatic heterocycles. The normalized spacial score (nSPS) is 15.2. The second-order valence-corrected chi connectivity index (χ2v) is 7.41. The van der Waals surface area contributed by atoms with Crippen molar-refractivity contribution in [1.29, 1.82) is 0 Å². The molecule has 0 unspecified atom stereocenters. The summed E-state index contributed by atoms with van der Waals surface area (Å²) < 4.78 is 32.5. The first-order chi connectivity index (χ1) is 12.3. The van der Waals surface area contributed by atoms with Gasteiger partial charge in [0.2, 0.25) is 0 Å². The molecule has 0 radical (unpaired) electrons. The van der Waals surface area contributed by atoms with Crippen LogP contribution in [0.3, 0.4) is 0 Å². The van der Waals surface area contributed by atoms with Gasteiger partial charge in [-0.3, -0.25) is 4.79 Å². The third kappa shape index (κ3) is 3.73. The number of thiophene rings is 1. The SMILES string of the molecule is CCOC(=O)c1c(NC(=O)c2ccccc2Cl)sc2c1CCC(F)(F)C2. The van der Waals surface area contributed by atoms with Crippen molar-refractivity contribution in [3.05, 3.63) is 50.9 Å². The number of nitrogens with one attached hydrogen (secondary N) is 1. The minimum absolute atomic E-state index is 0.0644. The van der Waals surface area contributed by atoms with Crippen molar-refractivity contribution in [3.63, 3.8) is 0 Å². The molecule has 2 aromatic rings. The fourth-order valence-electron chi connectivity index (χ4n) is 2.87. The van der Waals surface area contributed by atoms with Crippen LogP contribution in [0.1, 0.15) is 44.5 Å². The number of anilines is 1. The summed E-state index contributed by atoms with van der Waals surface area (Å²) in [6.45, 7) is 1.81. The van der Waals surface area contributed by atoms with Gasteiger partial charge in [-0.1, -0.05) is 23.7 Å². The van der Waals surface area contributed by atoms with E-state index >= 15 is 0 Å². The zero-order valence-corrected chi connectivity index (χ0v) is 15.5. The zero-order valence-electron chi connectivity index (χ0n) is 13.9. The number of carbonyl (C=O) groups excluding carboxylic acids is 2. The molecule has 1 aromatic heterocycles. The highest BCUT2D eigenvalue weighted by Crippen LogP contribution is 2.43. The molecule has 1 aliphatic carbocycles. The predicted octanol–water partition coefficient (Wildman–Crippen LogP) is 4.95. The van der Waals surface area contributed by atoms with Crippen molar-refractivity contribution in [2.45, 2.75) is 32.1 Å². The van der Waals surface area contributed by atoms with Gasteiger partial charge < -0.3 is 10.1 Å². The summed E-state index contributed by atoms with van der Waals surface area (Å²) in [5, 5.41) is 3.12. The molecule has 0 spiro atoms. The molecule has 1 heterocycles. The first kappa shape index (κ1) is 18.8. The Morgan fingerprint density at radius 3 is 2.77 bits per heavy atom. The molecule has 0 saturated carbocycles. The molecular formula is C18H16ClF2NO3S. The Morgan fingerprint density at radius 1 is 1.35 bits per heavy atom. The lowest BCUT2D eigenvalue weighted by Gasteiger charge is -2.21. The van der Waals surface area contributed by atoms with Crippen molar-refractivity contribution < 1.29 is 23.1 Å². The molecule has 1 aliphatic rings. The molecule has 1 amide bonds. The van der Waals surface area contributed by atoms with Gasteiger partial charge in [-0.2, -0.15) is 0 Å². The minimum atomic E-state index is -2.81. The molecule has 0 bridgehead atoms. The van der Waals surface area contributed by atoms with Crippen LogP contribution >= 0.6 is 22.9 Å². The fourth-order valence-corrected chi connectivity index (χ4v) is 4.40. The molecule has 1 aromatic carbocycles. The predicted molar refractivity (Wildman–Crippen MR) is 96.7 cm³/mol. The van der Waals surface area contributed by atoms with Crippen LogP contribution in [0.2, 0.25) is 5.02 Å². The maximum Gasteiger partial charge on any atom is 0.341 e. The largest absolute Gasteiger partial charge is 0.462 e. The molecule has 0 saturated heterocycles. The summed E-state index contributed by atoms with van der Waals surface area (Å²) >= 11 is 7.02. The Hall–Kier alpha value is -1.99. The number of carbonyl (C=O) groups is 2. The van der Waals surface area contributed by atoms with E-state index in [4.69, 9.17) is 16.3 Å². The van der Waals surface area contributed by atoms with Gasteiger partial charge >= 0.3 is 5.97 Å². The summed E-state index contributed by atoms with van der Waals surface area (Å²) in [4.78, 5) is 25.3. The van der Waals surface area contributed by atoms with E-state index in [1.165, 1.54) is 0 Å². The van der Waals surface area contributed by atoms with Gasteiger partial charge in [0.1, 0.15) is 5.00 Å². The van der Waals surface area contributed by atoms with Gasteiger partial charge in [-0.25, -0.2) is 13.6 Å². The van der Waals surface area contributed by atoms with Crippen LogP contribution < -0.4 is 5.32 Å². The van der Waals surface area contributed by atoms with Gasteiger partial charge in [0.05, 0.1) is 22.8 Å². The number of ether oxygens (including phenoxy) is 1. The van der Waals surface area contributed by atoms with E-state index in [2.05, 4.69) is 5.32 Å². The second-order valence-electron chi connectivity index (χ2n) is 5.90. The van der Waals surface area contributed by atoms with Crippen molar-refractivity contribution in [3.8, 4) is 0 Å². The molecular weight excluding hydrogens is 384 g/mol. The Kier molecular flexibility index (Phi) is 5.29. The van der Waals surface area contributed by atoms with E-state index in [1.807, 2.05) is 0 Å². The molecule has 0 atom stereocenters. The zero-order chi connectivity index (χ0) is 18.9. The van der Waals surface area contributed by atoms with Crippen molar-refractivity contribution >= 4 is 39.8 Å². The summed E-state index contributed by atoms with van der Waals surface area (Å²) in [7, 11) is 0. The number of esters is 1. The Labute approximate surface area is 158 Å². The average Bonchev–Trinajstić information content (AvgIpc) is 2.91. The fraction of sp³-hybridized carbons (Fsp3) is 0.333. The van der Waals surface area contributed by atoms with E-state index in [0.29, 0.717) is 10.4 Å². The standard InChI is InChI=1S/C18H16ClF2NO3S/c1-2-25-17(24)14-11-7-8-18(20,21)9-13(11)26-16(14)22-15(23)10-5-3-4-6-12(10)19/h3-6H,2,7-9H2,1H3,(H,22,23). The summed E-state index contributed by atoms with van der Waals surface area (Å²) in [6.07, 6.45) is -0.711. The molecule has 1 N–H and O–H groups in total. The molecule has 26 heavy (non-hydrogen) atoms. The number of hydrogen-bond acceptors (Lipinski definition) is 4. The first-order valence-electron chi connectivity index (χ1n) is 8.07. The van der Waals surface area contributed by atoms with E-state index < -0.39 is 24.2 Å². The lowest BCUT2D eigenvalue weighted by molar-refractivity contribution is -0.0114. The number of hydrogen-bond donors (Lipinski definition) is 1. The Morgan fingerprint density at radius 2 is 2.08 bits per heavy atom. The highest BCUT2D eigenvalue weighted by atomic mass is 35.5. The average molecular weight is 400 g/mol. The highest BCUT2D eigenvalue weighted by molar-refractivity contribution is 7.17. The number of amides is 1. The topological polar surface area (TPSA) is 55.4 Å². The van der Waals surface area contributed by atoms with Crippen LogP contribution in [0.4, 0.5) is 13.8 Å². The summed E-state index contributed by atoms with van der Waals surface area (Å²) in [5.74, 6) is -3.94. The van der Waals surface area contributed by atoms with E-state index in [-0.39, 0.29) is 40.6 Å². The minimum Gasteiger partial charge on any atom is -0.462 e. The maximum absolute atomic E-state index is 13.7. The van der Waals surface area contributed by atoms with Gasteiger partial charge in [-0.15, -0.1) is 11.3 Å². The summed E-state index contributed by atoms with van der Waals surface area (Å²) in [6, 6.07) is 6.47. The van der Waals surface area contributed by atoms with Gasteiger partial charge in [0.15, 0.2) is 0 Å². The number of fused-ring (bicyclic) bond motifs is 1. The third-order valence-electron chi connectivity index (χ3n) is 4.08. The van der Waals surface area contributed by atoms with Crippen LogP contribution in [0, 0.1) is 0 Å². The lowest BCUT2D eigenvalue weighted by Crippen LogP contribution is -2.25. The number of rotatable bonds is 4. The van der Waals surface area contributed by atoms with Crippen LogP contribution in [0.15, 0.2) is 24.3 Å². The van der Waals surface area contributed by atoms with Crippen molar-refractivity contribution in [2.24, 2.45) is 0 Å². The molecule has 4 nitrogen and oxygen atoms in total. The first-order valence-corrected chi connectivity index (χ1v) is 9.27. The van der Waals surface area contributed by atoms with Crippen molar-refractivity contribution in [1.82, 2.24) is 0 Å². The molecule has 0 fully saturated rings. The van der Waals surface area contributed by atoms with Gasteiger partial charge in [-0.05, 0) is 31.0 Å². The van der Waals surface area contributed by atoms with Crippen LogP contribution in [0.25, 0.3) is 0 Å². The van der Waals surface area contributed by atoms with Crippen LogP contribution in [-0.4, -0.2) is 24.4 Å². The second kappa shape index (κ2) is 7.32. The quantitative estimate of drug-likeness (QED) is 0.740. The van der Waals surface area contributed by atoms with Crippen molar-refractivity contribution in [2.75, 3.05) is 11.9 Å². The van der Waals surface area contributed by atoms with E-state index in [0.717, 1.165) is 11.3 Å². The Bertz CT molecular complexity index is 866. The summed E-state index contributed by atoms with van der Waals surface area (Å²) in [5.41, 5.74) is 0.942. The molecule has 8 heteroatoms. The molecule has 138 valence electrons. The Balaban J connectivity index is 1.98. The lowest BCUT2D eigenvalue weighted by atomic mass is 9.93. The van der Waals surface area contributed by atoms with E-state index in [9.17, 15) is 18.4 Å². The van der Waals surface area contributed by atoms with Crippen LogP contribution in [-0.2, 0) is 17.6 Å².